The molecule has 0 atom stereocenters. The molecule has 0 bridgehead atoms. The van der Waals surface area contributed by atoms with Crippen LogP contribution in [0.3, 0.4) is 0 Å². The molecular weight excluding hydrogens is 254 g/mol. The summed E-state index contributed by atoms with van der Waals surface area (Å²) in [7, 11) is 0. The van der Waals surface area contributed by atoms with Crippen molar-refractivity contribution in [2.24, 2.45) is 0 Å². The molecule has 0 saturated heterocycles. The van der Waals surface area contributed by atoms with Crippen LogP contribution in [0.2, 0.25) is 0 Å². The molecule has 2 heterocycles. The van der Waals surface area contributed by atoms with Gasteiger partial charge in [0.2, 0.25) is 4.96 Å². The predicted molar refractivity (Wildman–Crippen MR) is 64.7 cm³/mol. The first kappa shape index (κ1) is 11.6. The molecule has 96 valence electrons. The standard InChI is InChI=1S/C11H13N3O3S/c1-2-17-10(16)8-7(5-15)14-11(12-8)18-9(13-14)6-3-4-6/h6,15H,2-5H2,1H3. The maximum Gasteiger partial charge on any atom is 0.359 e. The highest BCUT2D eigenvalue weighted by Gasteiger charge is 2.30. The highest BCUT2D eigenvalue weighted by Crippen LogP contribution is 2.42. The molecular formula is C11H13N3O3S. The van der Waals surface area contributed by atoms with Crippen LogP contribution in [0.25, 0.3) is 4.96 Å². The molecule has 0 unspecified atom stereocenters. The quantitative estimate of drug-likeness (QED) is 0.846. The van der Waals surface area contributed by atoms with Gasteiger partial charge in [-0.1, -0.05) is 11.3 Å². The van der Waals surface area contributed by atoms with Crippen molar-refractivity contribution in [3.8, 4) is 0 Å². The molecule has 18 heavy (non-hydrogen) atoms. The second kappa shape index (κ2) is 4.33. The van der Waals surface area contributed by atoms with Gasteiger partial charge in [-0.15, -0.1) is 0 Å². The number of carbonyl (C=O) groups excluding carboxylic acids is 1. The van der Waals surface area contributed by atoms with E-state index in [1.54, 1.807) is 11.4 Å². The fourth-order valence-electron chi connectivity index (χ4n) is 1.81. The normalized spacial score (nSPS) is 15.2. The fraction of sp³-hybridized carbons (Fsp3) is 0.545. The van der Waals surface area contributed by atoms with E-state index >= 15 is 0 Å². The number of hydrogen-bond donors (Lipinski definition) is 1. The summed E-state index contributed by atoms with van der Waals surface area (Å²) in [4.78, 5) is 16.6. The third-order valence-electron chi connectivity index (χ3n) is 2.86. The number of carbonyl (C=O) groups is 1. The molecule has 2 aromatic heterocycles. The average molecular weight is 267 g/mol. The molecule has 1 N–H and O–H groups in total. The van der Waals surface area contributed by atoms with Crippen LogP contribution in [0.5, 0.6) is 0 Å². The minimum atomic E-state index is -0.507. The minimum absolute atomic E-state index is 0.167. The number of esters is 1. The van der Waals surface area contributed by atoms with E-state index in [4.69, 9.17) is 4.74 Å². The first-order valence-electron chi connectivity index (χ1n) is 5.91. The van der Waals surface area contributed by atoms with Crippen LogP contribution in [0.15, 0.2) is 0 Å². The van der Waals surface area contributed by atoms with E-state index in [0.29, 0.717) is 16.6 Å². The summed E-state index contributed by atoms with van der Waals surface area (Å²) in [6.07, 6.45) is 2.33. The number of fused-ring (bicyclic) bond motifs is 1. The van der Waals surface area contributed by atoms with Gasteiger partial charge in [0.1, 0.15) is 10.7 Å². The van der Waals surface area contributed by atoms with E-state index in [-0.39, 0.29) is 18.9 Å². The van der Waals surface area contributed by atoms with Crippen LogP contribution in [0.4, 0.5) is 0 Å². The Labute approximate surface area is 107 Å². The van der Waals surface area contributed by atoms with Gasteiger partial charge in [-0.25, -0.2) is 14.3 Å². The lowest BCUT2D eigenvalue weighted by Crippen LogP contribution is -2.09. The first-order chi connectivity index (χ1) is 8.74. The number of aromatic nitrogens is 3. The number of imidazole rings is 1. The maximum absolute atomic E-state index is 11.7. The van der Waals surface area contributed by atoms with Gasteiger partial charge in [-0.05, 0) is 19.8 Å². The van der Waals surface area contributed by atoms with Gasteiger partial charge >= 0.3 is 5.97 Å². The zero-order valence-corrected chi connectivity index (χ0v) is 10.7. The van der Waals surface area contributed by atoms with E-state index in [9.17, 15) is 9.90 Å². The van der Waals surface area contributed by atoms with Crippen LogP contribution in [0, 0.1) is 0 Å². The van der Waals surface area contributed by atoms with Gasteiger partial charge in [0.15, 0.2) is 5.69 Å². The van der Waals surface area contributed by atoms with Gasteiger partial charge in [0, 0.05) is 5.92 Å². The molecule has 0 amide bonds. The number of hydrogen-bond acceptors (Lipinski definition) is 6. The Balaban J connectivity index is 2.04. The summed E-state index contributed by atoms with van der Waals surface area (Å²) in [5, 5.41) is 14.8. The zero-order valence-electron chi connectivity index (χ0n) is 9.92. The van der Waals surface area contributed by atoms with E-state index in [2.05, 4.69) is 10.1 Å². The van der Waals surface area contributed by atoms with Gasteiger partial charge in [-0.2, -0.15) is 5.10 Å². The lowest BCUT2D eigenvalue weighted by molar-refractivity contribution is 0.0516. The van der Waals surface area contributed by atoms with Crippen LogP contribution >= 0.6 is 11.3 Å². The lowest BCUT2D eigenvalue weighted by Gasteiger charge is -2.00. The monoisotopic (exact) mass is 267 g/mol. The number of aliphatic hydroxyl groups is 1. The summed E-state index contributed by atoms with van der Waals surface area (Å²) in [5.41, 5.74) is 0.576. The smallest absolute Gasteiger partial charge is 0.359 e. The summed E-state index contributed by atoms with van der Waals surface area (Å²) in [5.74, 6) is 0.0292. The number of nitrogens with zero attached hydrogens (tertiary/aromatic N) is 3. The summed E-state index contributed by atoms with van der Waals surface area (Å²) in [6.45, 7) is 1.75. The predicted octanol–water partition coefficient (Wildman–Crippen LogP) is 1.34. The number of ether oxygens (including phenoxy) is 1. The van der Waals surface area contributed by atoms with Gasteiger partial charge in [-0.3, -0.25) is 0 Å². The lowest BCUT2D eigenvalue weighted by atomic mass is 10.3. The van der Waals surface area contributed by atoms with Crippen molar-refractivity contribution in [1.29, 1.82) is 0 Å². The summed E-state index contributed by atoms with van der Waals surface area (Å²) >= 11 is 1.48. The van der Waals surface area contributed by atoms with Crippen LogP contribution < -0.4 is 0 Å². The molecule has 3 rings (SSSR count). The largest absolute Gasteiger partial charge is 0.461 e. The molecule has 2 aromatic rings. The van der Waals surface area contributed by atoms with Crippen molar-refractivity contribution in [3.05, 3.63) is 16.4 Å². The van der Waals surface area contributed by atoms with E-state index in [1.807, 2.05) is 0 Å². The Morgan fingerprint density at radius 2 is 2.39 bits per heavy atom. The van der Waals surface area contributed by atoms with Crippen molar-refractivity contribution in [2.45, 2.75) is 32.3 Å². The number of rotatable bonds is 4. The molecule has 1 saturated carbocycles. The Kier molecular flexibility index (Phi) is 2.79. The maximum atomic E-state index is 11.7. The van der Waals surface area contributed by atoms with Crippen LogP contribution in [-0.4, -0.2) is 32.3 Å². The fourth-order valence-corrected chi connectivity index (χ4v) is 2.89. The van der Waals surface area contributed by atoms with Crippen molar-refractivity contribution in [3.63, 3.8) is 0 Å². The van der Waals surface area contributed by atoms with Crippen molar-refractivity contribution in [2.75, 3.05) is 6.61 Å². The Morgan fingerprint density at radius 1 is 1.61 bits per heavy atom. The van der Waals surface area contributed by atoms with Gasteiger partial charge in [0.25, 0.3) is 0 Å². The number of aliphatic hydroxyl groups excluding tert-OH is 1. The highest BCUT2D eigenvalue weighted by atomic mass is 32.1. The average Bonchev–Trinajstić information content (AvgIpc) is 3.02. The molecule has 1 aliphatic rings. The van der Waals surface area contributed by atoms with E-state index in [0.717, 1.165) is 17.8 Å². The third kappa shape index (κ3) is 1.79. The summed E-state index contributed by atoms with van der Waals surface area (Å²) in [6, 6.07) is 0. The Bertz CT molecular complexity index is 600. The van der Waals surface area contributed by atoms with Crippen LogP contribution in [0.1, 0.15) is 46.9 Å². The second-order valence-electron chi connectivity index (χ2n) is 4.19. The van der Waals surface area contributed by atoms with Gasteiger partial charge in [0.05, 0.1) is 13.2 Å². The molecule has 0 aliphatic heterocycles. The Hall–Kier alpha value is -1.47. The SMILES string of the molecule is CCOC(=O)c1nc2sc(C3CC3)nn2c1CO. The molecule has 1 aliphatic carbocycles. The second-order valence-corrected chi connectivity index (χ2v) is 5.18. The van der Waals surface area contributed by atoms with Gasteiger partial charge < -0.3 is 9.84 Å². The molecule has 1 fully saturated rings. The van der Waals surface area contributed by atoms with Crippen LogP contribution in [-0.2, 0) is 11.3 Å². The Morgan fingerprint density at radius 3 is 3.00 bits per heavy atom. The van der Waals surface area contributed by atoms with Crippen molar-refractivity contribution < 1.29 is 14.6 Å². The summed E-state index contributed by atoms with van der Waals surface area (Å²) < 4.78 is 6.47. The molecule has 6 nitrogen and oxygen atoms in total. The minimum Gasteiger partial charge on any atom is -0.461 e. The first-order valence-corrected chi connectivity index (χ1v) is 6.72. The molecule has 0 spiro atoms. The molecule has 0 radical (unpaired) electrons. The third-order valence-corrected chi connectivity index (χ3v) is 3.93. The van der Waals surface area contributed by atoms with E-state index < -0.39 is 5.97 Å². The van der Waals surface area contributed by atoms with Crippen molar-refractivity contribution in [1.82, 2.24) is 14.6 Å². The zero-order chi connectivity index (χ0) is 12.7. The topological polar surface area (TPSA) is 76.7 Å². The van der Waals surface area contributed by atoms with E-state index in [1.165, 1.54) is 11.3 Å². The molecule has 0 aromatic carbocycles. The van der Waals surface area contributed by atoms with Crippen molar-refractivity contribution >= 4 is 22.3 Å². The highest BCUT2D eigenvalue weighted by molar-refractivity contribution is 7.16. The molecule has 7 heteroatoms.